The number of carbonyl (C=O) groups excluding carboxylic acids is 1. The highest BCUT2D eigenvalue weighted by Crippen LogP contribution is 2.32. The molecular formula is C22H27F3N2O. The Morgan fingerprint density at radius 2 is 1.96 bits per heavy atom. The highest BCUT2D eigenvalue weighted by molar-refractivity contribution is 5.95. The van der Waals surface area contributed by atoms with Crippen molar-refractivity contribution < 1.29 is 18.0 Å². The molecule has 1 N–H and O–H groups in total. The highest BCUT2D eigenvalue weighted by atomic mass is 19.4. The van der Waals surface area contributed by atoms with Crippen LogP contribution in [-0.2, 0) is 25.6 Å². The quantitative estimate of drug-likeness (QED) is 0.739. The number of nitrogens with one attached hydrogen (secondary N) is 1. The molecule has 0 saturated carbocycles. The van der Waals surface area contributed by atoms with Crippen molar-refractivity contribution in [3.8, 4) is 0 Å². The van der Waals surface area contributed by atoms with Gasteiger partial charge in [-0.05, 0) is 74.8 Å². The van der Waals surface area contributed by atoms with Crippen LogP contribution in [0.4, 0.5) is 13.2 Å². The Labute approximate surface area is 163 Å². The number of aromatic nitrogens is 1. The first kappa shape index (κ1) is 20.5. The lowest BCUT2D eigenvalue weighted by atomic mass is 9.95. The Morgan fingerprint density at radius 1 is 1.25 bits per heavy atom. The first-order valence-corrected chi connectivity index (χ1v) is 9.90. The second-order valence-electron chi connectivity index (χ2n) is 7.67. The summed E-state index contributed by atoms with van der Waals surface area (Å²) in [5.41, 5.74) is 3.72. The topological polar surface area (TPSA) is 34.0 Å². The number of nitrogens with zero attached hydrogens (tertiary/aromatic N) is 1. The van der Waals surface area contributed by atoms with Crippen LogP contribution in [0.25, 0.3) is 0 Å². The van der Waals surface area contributed by atoms with Gasteiger partial charge >= 0.3 is 6.18 Å². The third-order valence-electron chi connectivity index (χ3n) is 5.64. The summed E-state index contributed by atoms with van der Waals surface area (Å²) >= 11 is 0. The zero-order valence-electron chi connectivity index (χ0n) is 16.6. The number of alkyl halides is 3. The first-order chi connectivity index (χ1) is 13.2. The summed E-state index contributed by atoms with van der Waals surface area (Å²) in [7, 11) is 0. The molecule has 0 bridgehead atoms. The fourth-order valence-corrected chi connectivity index (χ4v) is 3.96. The van der Waals surface area contributed by atoms with Crippen molar-refractivity contribution in [2.24, 2.45) is 0 Å². The number of benzene rings is 1. The maximum Gasteiger partial charge on any atom is 0.416 e. The summed E-state index contributed by atoms with van der Waals surface area (Å²) in [6.45, 7) is 6.18. The number of hydrogen-bond donors (Lipinski definition) is 1. The zero-order chi connectivity index (χ0) is 20.5. The van der Waals surface area contributed by atoms with E-state index >= 15 is 0 Å². The molecule has 1 aliphatic carbocycles. The summed E-state index contributed by atoms with van der Waals surface area (Å²) in [6, 6.07) is 5.42. The van der Waals surface area contributed by atoms with Gasteiger partial charge in [-0.15, -0.1) is 0 Å². The van der Waals surface area contributed by atoms with E-state index in [4.69, 9.17) is 0 Å². The Kier molecular flexibility index (Phi) is 5.87. The largest absolute Gasteiger partial charge is 0.416 e. The van der Waals surface area contributed by atoms with Crippen molar-refractivity contribution in [1.82, 2.24) is 9.88 Å². The molecule has 1 unspecified atom stereocenters. The van der Waals surface area contributed by atoms with Gasteiger partial charge in [-0.2, -0.15) is 13.2 Å². The van der Waals surface area contributed by atoms with E-state index < -0.39 is 11.7 Å². The summed E-state index contributed by atoms with van der Waals surface area (Å²) in [5.74, 6) is -0.145. The number of carbonyl (C=O) groups is 1. The Balaban J connectivity index is 2.03. The summed E-state index contributed by atoms with van der Waals surface area (Å²) in [5, 5.41) is 3.02. The second-order valence-corrected chi connectivity index (χ2v) is 7.67. The van der Waals surface area contributed by atoms with Crippen molar-refractivity contribution in [2.45, 2.75) is 71.6 Å². The lowest BCUT2D eigenvalue weighted by molar-refractivity contribution is -0.137. The van der Waals surface area contributed by atoms with E-state index in [-0.39, 0.29) is 18.5 Å². The summed E-state index contributed by atoms with van der Waals surface area (Å²) in [6.07, 6.45) is 0.322. The van der Waals surface area contributed by atoms with Gasteiger partial charge in [0, 0.05) is 18.3 Å². The van der Waals surface area contributed by atoms with Crippen molar-refractivity contribution >= 4 is 5.91 Å². The SMILES string of the molecule is CCC(C)NC(=O)c1c(C)c2c(n1Cc1cccc(C(F)(F)F)c1)CCCC2. The molecule has 1 heterocycles. The van der Waals surface area contributed by atoms with Crippen LogP contribution in [0.2, 0.25) is 0 Å². The molecule has 1 aromatic heterocycles. The number of rotatable bonds is 5. The van der Waals surface area contributed by atoms with Gasteiger partial charge in [0.25, 0.3) is 5.91 Å². The van der Waals surface area contributed by atoms with Crippen LogP contribution in [0.15, 0.2) is 24.3 Å². The maximum absolute atomic E-state index is 13.1. The fourth-order valence-electron chi connectivity index (χ4n) is 3.96. The molecule has 0 fully saturated rings. The predicted octanol–water partition coefficient (Wildman–Crippen LogP) is 5.27. The zero-order valence-corrected chi connectivity index (χ0v) is 16.6. The number of fused-ring (bicyclic) bond motifs is 1. The maximum atomic E-state index is 13.1. The molecule has 2 aromatic rings. The third-order valence-corrected chi connectivity index (χ3v) is 5.64. The lowest BCUT2D eigenvalue weighted by Crippen LogP contribution is -2.34. The minimum absolute atomic E-state index is 0.0424. The van der Waals surface area contributed by atoms with Crippen LogP contribution in [0.3, 0.4) is 0 Å². The molecule has 28 heavy (non-hydrogen) atoms. The van der Waals surface area contributed by atoms with Crippen molar-refractivity contribution in [3.05, 3.63) is 57.9 Å². The average Bonchev–Trinajstić information content (AvgIpc) is 2.93. The van der Waals surface area contributed by atoms with Crippen LogP contribution in [0.1, 0.15) is 71.5 Å². The molecule has 0 radical (unpaired) electrons. The highest BCUT2D eigenvalue weighted by Gasteiger charge is 2.31. The standard InChI is InChI=1S/C22H27F3N2O/c1-4-14(2)26-21(28)20-15(3)18-10-5-6-11-19(18)27(20)13-16-8-7-9-17(12-16)22(23,24)25/h7-9,12,14H,4-6,10-11,13H2,1-3H3,(H,26,28). The van der Waals surface area contributed by atoms with Gasteiger partial charge in [-0.3, -0.25) is 4.79 Å². The molecule has 1 aromatic carbocycles. The van der Waals surface area contributed by atoms with Gasteiger partial charge in [0.1, 0.15) is 5.69 Å². The predicted molar refractivity (Wildman–Crippen MR) is 104 cm³/mol. The van der Waals surface area contributed by atoms with Crippen molar-refractivity contribution in [1.29, 1.82) is 0 Å². The lowest BCUT2D eigenvalue weighted by Gasteiger charge is -2.18. The van der Waals surface area contributed by atoms with Crippen LogP contribution in [-0.4, -0.2) is 16.5 Å². The fraction of sp³-hybridized carbons (Fsp3) is 0.500. The molecule has 152 valence electrons. The molecule has 3 nitrogen and oxygen atoms in total. The van der Waals surface area contributed by atoms with Crippen LogP contribution in [0, 0.1) is 6.92 Å². The molecule has 1 amide bonds. The molecule has 1 aliphatic rings. The first-order valence-electron chi connectivity index (χ1n) is 9.90. The summed E-state index contributed by atoms with van der Waals surface area (Å²) < 4.78 is 41.3. The molecular weight excluding hydrogens is 365 g/mol. The van der Waals surface area contributed by atoms with Crippen molar-refractivity contribution in [3.63, 3.8) is 0 Å². The third kappa shape index (κ3) is 4.10. The number of hydrogen-bond acceptors (Lipinski definition) is 1. The van der Waals surface area contributed by atoms with Gasteiger partial charge in [-0.1, -0.05) is 19.1 Å². The molecule has 3 rings (SSSR count). The normalized spacial score (nSPS) is 15.2. The van der Waals surface area contributed by atoms with Crippen LogP contribution < -0.4 is 5.32 Å². The van der Waals surface area contributed by atoms with Crippen LogP contribution >= 0.6 is 0 Å². The molecule has 1 atom stereocenters. The molecule has 0 saturated heterocycles. The van der Waals surface area contributed by atoms with Gasteiger partial charge in [-0.25, -0.2) is 0 Å². The van der Waals surface area contributed by atoms with Crippen molar-refractivity contribution in [2.75, 3.05) is 0 Å². The smallest absolute Gasteiger partial charge is 0.348 e. The Hall–Kier alpha value is -2.24. The van der Waals surface area contributed by atoms with E-state index in [2.05, 4.69) is 5.32 Å². The van der Waals surface area contributed by atoms with Gasteiger partial charge in [0.05, 0.1) is 5.56 Å². The monoisotopic (exact) mass is 392 g/mol. The Bertz CT molecular complexity index is 867. The average molecular weight is 392 g/mol. The van der Waals surface area contributed by atoms with E-state index in [1.165, 1.54) is 17.7 Å². The minimum Gasteiger partial charge on any atom is -0.348 e. The van der Waals surface area contributed by atoms with Gasteiger partial charge in [0.15, 0.2) is 0 Å². The van der Waals surface area contributed by atoms with E-state index in [0.29, 0.717) is 11.3 Å². The second kappa shape index (κ2) is 8.02. The molecule has 0 spiro atoms. The summed E-state index contributed by atoms with van der Waals surface area (Å²) in [4.78, 5) is 13.0. The Morgan fingerprint density at radius 3 is 2.64 bits per heavy atom. The molecule has 0 aliphatic heterocycles. The van der Waals surface area contributed by atoms with Crippen LogP contribution in [0.5, 0.6) is 0 Å². The van der Waals surface area contributed by atoms with Gasteiger partial charge in [0.2, 0.25) is 0 Å². The van der Waals surface area contributed by atoms with E-state index in [0.717, 1.165) is 49.4 Å². The van der Waals surface area contributed by atoms with E-state index in [1.54, 1.807) is 6.07 Å². The number of halogens is 3. The number of amides is 1. The molecule has 6 heteroatoms. The van der Waals surface area contributed by atoms with E-state index in [1.807, 2.05) is 25.3 Å². The van der Waals surface area contributed by atoms with Gasteiger partial charge < -0.3 is 9.88 Å². The van der Waals surface area contributed by atoms with E-state index in [9.17, 15) is 18.0 Å². The minimum atomic E-state index is -4.38.